The van der Waals surface area contributed by atoms with Crippen LogP contribution in [0.15, 0.2) is 42.5 Å². The molecule has 3 N–H and O–H groups in total. The molecule has 0 spiro atoms. The minimum atomic E-state index is -1.25. The molecule has 0 saturated carbocycles. The van der Waals surface area contributed by atoms with Crippen molar-refractivity contribution >= 4 is 33.0 Å². The van der Waals surface area contributed by atoms with Gasteiger partial charge in [-0.15, -0.1) is 11.3 Å². The summed E-state index contributed by atoms with van der Waals surface area (Å²) in [7, 11) is 1.51. The molecule has 1 saturated heterocycles. The molecule has 0 unspecified atom stereocenters. The highest BCUT2D eigenvalue weighted by atomic mass is 35.5. The number of aliphatic hydroxyl groups is 3. The lowest BCUT2D eigenvalue weighted by molar-refractivity contribution is -0.189. The van der Waals surface area contributed by atoms with Gasteiger partial charge in [-0.1, -0.05) is 29.8 Å². The molecule has 1 aromatic heterocycles. The summed E-state index contributed by atoms with van der Waals surface area (Å²) in [6.45, 7) is -0.352. The number of rotatable bonds is 6. The SMILES string of the molecule is COc1cc(Cl)c(Cc2cc3ccccc3s2)cc1O[C@H]1CO[C@H](CO)[C@@H](O)[C@@H]1O. The van der Waals surface area contributed by atoms with Crippen LogP contribution in [0.4, 0.5) is 0 Å². The molecular formula is C22H23ClO6S. The second kappa shape index (κ2) is 9.09. The first-order chi connectivity index (χ1) is 14.5. The highest BCUT2D eigenvalue weighted by molar-refractivity contribution is 7.19. The minimum absolute atomic E-state index is 0.0287. The Bertz CT molecular complexity index is 989. The molecule has 0 amide bonds. The van der Waals surface area contributed by atoms with Gasteiger partial charge >= 0.3 is 0 Å². The van der Waals surface area contributed by atoms with Crippen LogP contribution in [-0.2, 0) is 11.2 Å². The van der Waals surface area contributed by atoms with Crippen molar-refractivity contribution in [1.29, 1.82) is 0 Å². The van der Waals surface area contributed by atoms with Crippen LogP contribution >= 0.6 is 22.9 Å². The van der Waals surface area contributed by atoms with Crippen molar-refractivity contribution in [2.24, 2.45) is 0 Å². The van der Waals surface area contributed by atoms with E-state index in [-0.39, 0.29) is 13.2 Å². The summed E-state index contributed by atoms with van der Waals surface area (Å²) in [5.74, 6) is 0.825. The van der Waals surface area contributed by atoms with Crippen LogP contribution in [0.25, 0.3) is 10.1 Å². The molecule has 1 aliphatic rings. The number of aliphatic hydroxyl groups excluding tert-OH is 3. The maximum absolute atomic E-state index is 10.4. The van der Waals surface area contributed by atoms with Crippen LogP contribution in [0.1, 0.15) is 10.4 Å². The number of thiophene rings is 1. The average Bonchev–Trinajstić information content (AvgIpc) is 3.16. The Morgan fingerprint density at radius 2 is 1.93 bits per heavy atom. The van der Waals surface area contributed by atoms with Gasteiger partial charge in [0.2, 0.25) is 0 Å². The van der Waals surface area contributed by atoms with E-state index in [4.69, 9.17) is 25.8 Å². The fourth-order valence-corrected chi connectivity index (χ4v) is 4.87. The zero-order valence-electron chi connectivity index (χ0n) is 16.3. The van der Waals surface area contributed by atoms with Gasteiger partial charge in [-0.25, -0.2) is 0 Å². The van der Waals surface area contributed by atoms with E-state index in [1.54, 1.807) is 23.5 Å². The van der Waals surface area contributed by atoms with E-state index in [9.17, 15) is 15.3 Å². The van der Waals surface area contributed by atoms with Gasteiger partial charge in [-0.2, -0.15) is 0 Å². The summed E-state index contributed by atoms with van der Waals surface area (Å²) in [6.07, 6.45) is -3.48. The standard InChI is InChI=1S/C22H23ClO6S/c1-27-16-9-15(23)13(7-14-6-12-4-2-3-5-20(12)30-14)8-17(16)29-19-11-28-18(10-24)21(25)22(19)26/h2-6,8-9,18-19,21-22,24-26H,7,10-11H2,1H3/t18-,19+,21-,22-/m1/s1. The van der Waals surface area contributed by atoms with Crippen molar-refractivity contribution in [3.8, 4) is 11.5 Å². The Kier molecular flexibility index (Phi) is 6.48. The second-order valence-corrected chi connectivity index (χ2v) is 8.79. The molecule has 6 nitrogen and oxygen atoms in total. The third-order valence-electron chi connectivity index (χ3n) is 5.22. The number of hydrogen-bond donors (Lipinski definition) is 3. The summed E-state index contributed by atoms with van der Waals surface area (Å²) in [5.41, 5.74) is 0.860. The molecule has 4 atom stereocenters. The molecule has 0 bridgehead atoms. The van der Waals surface area contributed by atoms with E-state index in [1.165, 1.54) is 17.2 Å². The minimum Gasteiger partial charge on any atom is -0.493 e. The number of benzene rings is 2. The van der Waals surface area contributed by atoms with E-state index in [0.29, 0.717) is 22.9 Å². The Labute approximate surface area is 183 Å². The third-order valence-corrected chi connectivity index (χ3v) is 6.69. The van der Waals surface area contributed by atoms with Crippen molar-refractivity contribution < 1.29 is 29.5 Å². The molecule has 160 valence electrons. The number of halogens is 1. The number of hydrogen-bond acceptors (Lipinski definition) is 7. The highest BCUT2D eigenvalue weighted by Gasteiger charge is 2.39. The summed E-state index contributed by atoms with van der Waals surface area (Å²) in [4.78, 5) is 1.16. The van der Waals surface area contributed by atoms with E-state index >= 15 is 0 Å². The van der Waals surface area contributed by atoms with Crippen LogP contribution in [0.2, 0.25) is 5.02 Å². The highest BCUT2D eigenvalue weighted by Crippen LogP contribution is 2.37. The molecule has 0 aliphatic carbocycles. The molecule has 1 fully saturated rings. The van der Waals surface area contributed by atoms with Crippen molar-refractivity contribution in [3.05, 3.63) is 57.9 Å². The third kappa shape index (κ3) is 4.27. The number of fused-ring (bicyclic) bond motifs is 1. The van der Waals surface area contributed by atoms with Gasteiger partial charge in [0, 0.05) is 27.1 Å². The average molecular weight is 451 g/mol. The topological polar surface area (TPSA) is 88.4 Å². The van der Waals surface area contributed by atoms with Gasteiger partial charge in [-0.05, 0) is 29.1 Å². The number of ether oxygens (including phenoxy) is 3. The van der Waals surface area contributed by atoms with E-state index in [1.807, 2.05) is 12.1 Å². The largest absolute Gasteiger partial charge is 0.493 e. The van der Waals surface area contributed by atoms with Crippen molar-refractivity contribution in [1.82, 2.24) is 0 Å². The maximum atomic E-state index is 10.4. The predicted octanol–water partition coefficient (Wildman–Crippen LogP) is 3.01. The van der Waals surface area contributed by atoms with Crippen molar-refractivity contribution in [2.45, 2.75) is 30.8 Å². The normalized spacial score (nSPS) is 24.2. The van der Waals surface area contributed by atoms with Crippen LogP contribution < -0.4 is 9.47 Å². The number of methoxy groups -OCH3 is 1. The quantitative estimate of drug-likeness (QED) is 0.535. The maximum Gasteiger partial charge on any atom is 0.162 e. The van der Waals surface area contributed by atoms with E-state index < -0.39 is 24.4 Å². The van der Waals surface area contributed by atoms with Gasteiger partial charge in [0.05, 0.1) is 20.3 Å². The zero-order valence-corrected chi connectivity index (χ0v) is 17.9. The van der Waals surface area contributed by atoms with Crippen LogP contribution in [0.5, 0.6) is 11.5 Å². The summed E-state index contributed by atoms with van der Waals surface area (Å²) >= 11 is 8.20. The summed E-state index contributed by atoms with van der Waals surface area (Å²) in [6, 6.07) is 13.8. The lowest BCUT2D eigenvalue weighted by atomic mass is 10.0. The van der Waals surface area contributed by atoms with Crippen LogP contribution in [0.3, 0.4) is 0 Å². The molecule has 4 rings (SSSR count). The molecule has 0 radical (unpaired) electrons. The molecule has 2 aromatic carbocycles. The predicted molar refractivity (Wildman–Crippen MR) is 116 cm³/mol. The molecular weight excluding hydrogens is 428 g/mol. The van der Waals surface area contributed by atoms with Crippen molar-refractivity contribution in [3.63, 3.8) is 0 Å². The van der Waals surface area contributed by atoms with Gasteiger partial charge in [0.15, 0.2) is 17.6 Å². The lowest BCUT2D eigenvalue weighted by Gasteiger charge is -2.37. The second-order valence-electron chi connectivity index (χ2n) is 7.21. The molecule has 1 aliphatic heterocycles. The van der Waals surface area contributed by atoms with Crippen LogP contribution in [-0.4, -0.2) is 60.1 Å². The fourth-order valence-electron chi connectivity index (χ4n) is 3.56. The Balaban J connectivity index is 1.58. The first kappa shape index (κ1) is 21.4. The molecule has 8 heteroatoms. The van der Waals surface area contributed by atoms with Crippen LogP contribution in [0, 0.1) is 0 Å². The Morgan fingerprint density at radius 1 is 1.13 bits per heavy atom. The summed E-state index contributed by atoms with van der Waals surface area (Å²) in [5, 5.41) is 31.4. The fraction of sp³-hybridized carbons (Fsp3) is 0.364. The lowest BCUT2D eigenvalue weighted by Crippen LogP contribution is -2.56. The smallest absolute Gasteiger partial charge is 0.162 e. The van der Waals surface area contributed by atoms with Gasteiger partial charge < -0.3 is 29.5 Å². The van der Waals surface area contributed by atoms with Crippen molar-refractivity contribution in [2.75, 3.05) is 20.3 Å². The molecule has 2 heterocycles. The van der Waals surface area contributed by atoms with Gasteiger partial charge in [0.25, 0.3) is 0 Å². The van der Waals surface area contributed by atoms with E-state index in [2.05, 4.69) is 18.2 Å². The Hall–Kier alpha value is -1.87. The Morgan fingerprint density at radius 3 is 2.67 bits per heavy atom. The molecule has 3 aromatic rings. The summed E-state index contributed by atoms with van der Waals surface area (Å²) < 4.78 is 18.0. The monoisotopic (exact) mass is 450 g/mol. The van der Waals surface area contributed by atoms with Gasteiger partial charge in [-0.3, -0.25) is 0 Å². The van der Waals surface area contributed by atoms with E-state index in [0.717, 1.165) is 10.4 Å². The first-order valence-electron chi connectivity index (χ1n) is 9.59. The zero-order chi connectivity index (χ0) is 21.3. The van der Waals surface area contributed by atoms with Gasteiger partial charge in [0.1, 0.15) is 18.3 Å². The molecule has 30 heavy (non-hydrogen) atoms. The first-order valence-corrected chi connectivity index (χ1v) is 10.8.